The number of carbonyl (C=O) groups excluding carboxylic acids is 2. The number of amides is 1. The molecular weight excluding hydrogens is 374 g/mol. The molecule has 6 heteroatoms. The van der Waals surface area contributed by atoms with Crippen LogP contribution in [-0.2, 0) is 9.59 Å². The molecule has 1 aromatic carbocycles. The monoisotopic (exact) mass is 393 g/mol. The Labute approximate surface area is 149 Å². The van der Waals surface area contributed by atoms with Crippen molar-refractivity contribution in [2.45, 2.75) is 38.4 Å². The molecule has 3 aliphatic rings. The number of hydrogen-bond acceptors (Lipinski definition) is 4. The summed E-state index contributed by atoms with van der Waals surface area (Å²) >= 11 is 3.54. The van der Waals surface area contributed by atoms with Crippen LogP contribution in [-0.4, -0.2) is 23.3 Å². The second-order valence-corrected chi connectivity index (χ2v) is 8.59. The number of hydrogen-bond donors (Lipinski definition) is 1. The fourth-order valence-electron chi connectivity index (χ4n) is 4.67. The molecule has 5 nitrogen and oxygen atoms in total. The van der Waals surface area contributed by atoms with Gasteiger partial charge in [0, 0.05) is 17.2 Å². The molecule has 0 radical (unpaired) electrons. The van der Waals surface area contributed by atoms with Crippen LogP contribution in [0.3, 0.4) is 0 Å². The second kappa shape index (κ2) is 4.75. The largest absolute Gasteiger partial charge is 0.454 e. The highest BCUT2D eigenvalue weighted by molar-refractivity contribution is 9.10. The molecule has 4 rings (SSSR count). The number of alkyl halides is 1. The Hall–Kier alpha value is -1.56. The van der Waals surface area contributed by atoms with E-state index >= 15 is 0 Å². The number of nitrogens with one attached hydrogen (secondary N) is 1. The van der Waals surface area contributed by atoms with E-state index in [1.165, 1.54) is 0 Å². The summed E-state index contributed by atoms with van der Waals surface area (Å²) < 4.78 is 10.7. The Bertz CT molecular complexity index is 761. The first-order valence-electron chi connectivity index (χ1n) is 8.13. The van der Waals surface area contributed by atoms with E-state index in [9.17, 15) is 9.59 Å². The van der Waals surface area contributed by atoms with Gasteiger partial charge in [0.05, 0.1) is 10.2 Å². The van der Waals surface area contributed by atoms with Gasteiger partial charge in [-0.1, -0.05) is 36.7 Å². The Morgan fingerprint density at radius 3 is 2.58 bits per heavy atom. The third-order valence-corrected chi connectivity index (χ3v) is 7.95. The van der Waals surface area contributed by atoms with E-state index < -0.39 is 21.1 Å². The van der Waals surface area contributed by atoms with Gasteiger partial charge < -0.3 is 14.8 Å². The van der Waals surface area contributed by atoms with Crippen LogP contribution >= 0.6 is 15.9 Å². The van der Waals surface area contributed by atoms with Gasteiger partial charge in [-0.05, 0) is 30.4 Å². The van der Waals surface area contributed by atoms with Crippen LogP contribution in [0.1, 0.15) is 33.6 Å². The normalized spacial score (nSPS) is 35.3. The summed E-state index contributed by atoms with van der Waals surface area (Å²) in [5, 5.41) is 3.00. The Morgan fingerprint density at radius 1 is 1.21 bits per heavy atom. The maximum absolute atomic E-state index is 13.2. The van der Waals surface area contributed by atoms with Gasteiger partial charge in [0.15, 0.2) is 17.3 Å². The summed E-state index contributed by atoms with van der Waals surface area (Å²) in [6.45, 7) is 6.27. The number of ketones is 1. The third kappa shape index (κ3) is 1.65. The first-order chi connectivity index (χ1) is 11.2. The highest BCUT2D eigenvalue weighted by atomic mass is 79.9. The van der Waals surface area contributed by atoms with E-state index in [2.05, 4.69) is 21.2 Å². The standard InChI is InChI=1S/C18H20BrNO4/c1-16(2)17(3)6-7-18(16,13(19)14(17)21)15(22)20-10-4-5-11-12(8-10)24-9-23-11/h4-5,8,13H,6-7,9H2,1-3H3,(H,20,22)/t13-,17-,18-/m0/s1. The van der Waals surface area contributed by atoms with Crippen LogP contribution in [0.15, 0.2) is 18.2 Å². The first-order valence-corrected chi connectivity index (χ1v) is 9.05. The van der Waals surface area contributed by atoms with Crippen molar-refractivity contribution in [2.24, 2.45) is 16.2 Å². The van der Waals surface area contributed by atoms with Gasteiger partial charge in [-0.2, -0.15) is 0 Å². The highest BCUT2D eigenvalue weighted by Gasteiger charge is 2.76. The lowest BCUT2D eigenvalue weighted by molar-refractivity contribution is -0.130. The van der Waals surface area contributed by atoms with Gasteiger partial charge in [0.25, 0.3) is 0 Å². The van der Waals surface area contributed by atoms with Gasteiger partial charge in [0.1, 0.15) is 0 Å². The third-order valence-electron chi connectivity index (χ3n) is 6.76. The lowest BCUT2D eigenvalue weighted by Gasteiger charge is -2.39. The number of fused-ring (bicyclic) bond motifs is 3. The van der Waals surface area contributed by atoms with Crippen molar-refractivity contribution in [3.8, 4) is 11.5 Å². The highest BCUT2D eigenvalue weighted by Crippen LogP contribution is 2.72. The van der Waals surface area contributed by atoms with E-state index in [-0.39, 0.29) is 18.5 Å². The maximum Gasteiger partial charge on any atom is 0.232 e. The Morgan fingerprint density at radius 2 is 1.92 bits per heavy atom. The van der Waals surface area contributed by atoms with E-state index in [1.54, 1.807) is 18.2 Å². The predicted molar refractivity (Wildman–Crippen MR) is 92.5 cm³/mol. The molecule has 2 fully saturated rings. The van der Waals surface area contributed by atoms with E-state index in [4.69, 9.17) is 9.47 Å². The molecule has 1 heterocycles. The Kier molecular flexibility index (Phi) is 3.15. The van der Waals surface area contributed by atoms with Crippen molar-refractivity contribution in [3.05, 3.63) is 18.2 Å². The number of benzene rings is 1. The molecule has 1 N–H and O–H groups in total. The zero-order chi connectivity index (χ0) is 17.3. The lowest BCUT2D eigenvalue weighted by atomic mass is 9.64. The summed E-state index contributed by atoms with van der Waals surface area (Å²) in [6, 6.07) is 5.34. The van der Waals surface area contributed by atoms with Crippen molar-refractivity contribution in [1.82, 2.24) is 0 Å². The summed E-state index contributed by atoms with van der Waals surface area (Å²) in [5.41, 5.74) is -0.962. The molecule has 0 unspecified atom stereocenters. The van der Waals surface area contributed by atoms with Crippen LogP contribution in [0.25, 0.3) is 0 Å². The molecule has 1 aliphatic heterocycles. The summed E-state index contributed by atoms with van der Waals surface area (Å²) in [4.78, 5) is 25.5. The Balaban J connectivity index is 1.68. The molecule has 2 saturated carbocycles. The molecule has 0 aromatic heterocycles. The molecule has 3 atom stereocenters. The van der Waals surface area contributed by atoms with Crippen molar-refractivity contribution in [2.75, 3.05) is 12.1 Å². The maximum atomic E-state index is 13.2. The minimum absolute atomic E-state index is 0.109. The number of Topliss-reactive ketones (excluding diaryl/α,β-unsaturated/α-hetero) is 1. The molecule has 1 amide bonds. The van der Waals surface area contributed by atoms with E-state index in [0.29, 0.717) is 23.6 Å². The zero-order valence-electron chi connectivity index (χ0n) is 13.9. The van der Waals surface area contributed by atoms with Crippen LogP contribution in [0.5, 0.6) is 11.5 Å². The topological polar surface area (TPSA) is 64.6 Å². The van der Waals surface area contributed by atoms with Gasteiger partial charge >= 0.3 is 0 Å². The smallest absolute Gasteiger partial charge is 0.232 e. The van der Waals surface area contributed by atoms with Gasteiger partial charge in [-0.25, -0.2) is 0 Å². The fraction of sp³-hybridized carbons (Fsp3) is 0.556. The van der Waals surface area contributed by atoms with Crippen molar-refractivity contribution < 1.29 is 19.1 Å². The quantitative estimate of drug-likeness (QED) is 0.780. The average Bonchev–Trinajstić information content (AvgIpc) is 3.10. The summed E-state index contributed by atoms with van der Waals surface area (Å²) in [6.07, 6.45) is 1.45. The van der Waals surface area contributed by atoms with Crippen LogP contribution < -0.4 is 14.8 Å². The van der Waals surface area contributed by atoms with Gasteiger partial charge in [0.2, 0.25) is 12.7 Å². The SMILES string of the molecule is CC1(C)[C@@]2(C)CC[C@@]1(C(=O)Nc1ccc3c(c1)OCO3)[C@@H](Br)C2=O. The van der Waals surface area contributed by atoms with Crippen LogP contribution in [0, 0.1) is 16.2 Å². The van der Waals surface area contributed by atoms with Crippen molar-refractivity contribution in [1.29, 1.82) is 0 Å². The lowest BCUT2D eigenvalue weighted by Crippen LogP contribution is -2.47. The molecule has 1 aromatic rings. The fourth-order valence-corrected chi connectivity index (χ4v) is 6.19. The second-order valence-electron chi connectivity index (χ2n) is 7.68. The van der Waals surface area contributed by atoms with Crippen molar-refractivity contribution >= 4 is 33.3 Å². The molecule has 0 spiro atoms. The number of carbonyl (C=O) groups is 2. The predicted octanol–water partition coefficient (Wildman–Crippen LogP) is 3.51. The van der Waals surface area contributed by atoms with Gasteiger partial charge in [-0.3, -0.25) is 9.59 Å². The van der Waals surface area contributed by atoms with Gasteiger partial charge in [-0.15, -0.1) is 0 Å². The minimum atomic E-state index is -0.741. The zero-order valence-corrected chi connectivity index (χ0v) is 15.5. The minimum Gasteiger partial charge on any atom is -0.454 e. The van der Waals surface area contributed by atoms with E-state index in [1.807, 2.05) is 20.8 Å². The summed E-state index contributed by atoms with van der Waals surface area (Å²) in [7, 11) is 0. The van der Waals surface area contributed by atoms with Crippen LogP contribution in [0.4, 0.5) is 5.69 Å². The molecular formula is C18H20BrNO4. The first kappa shape index (κ1) is 15.9. The summed E-state index contributed by atoms with van der Waals surface area (Å²) in [5.74, 6) is 1.33. The van der Waals surface area contributed by atoms with Crippen molar-refractivity contribution in [3.63, 3.8) is 0 Å². The van der Waals surface area contributed by atoms with Crippen LogP contribution in [0.2, 0.25) is 0 Å². The molecule has 128 valence electrons. The number of halogens is 1. The number of anilines is 1. The number of ether oxygens (including phenoxy) is 2. The molecule has 2 bridgehead atoms. The number of rotatable bonds is 2. The molecule has 0 saturated heterocycles. The molecule has 24 heavy (non-hydrogen) atoms. The van der Waals surface area contributed by atoms with E-state index in [0.717, 1.165) is 6.42 Å². The average molecular weight is 394 g/mol. The molecule has 2 aliphatic carbocycles.